The second-order valence-corrected chi connectivity index (χ2v) is 18.7. The largest absolute Gasteiger partial charge is 0.444 e. The Bertz CT molecular complexity index is 1020. The number of aromatic nitrogens is 4. The molecule has 2 heterocycles. The van der Waals surface area contributed by atoms with Gasteiger partial charge in [0.05, 0.1) is 5.69 Å². The standard InChI is InChI=1S/C25H43BrN6O3Si/c1-17(29-23(33)35-25(5,6)7)15-28-22-27-12-11-18(30-22)19-20(26)31-21(24(2,3)4)32(19)16-34-13-14-36(8,9)10/h11-12,17H,13-16H2,1-10H3,(H,29,33)(H,27,28,30). The Balaban J connectivity index is 2.20. The van der Waals surface area contributed by atoms with Crippen LogP contribution in [0, 0.1) is 0 Å². The zero-order chi connectivity index (χ0) is 27.3. The third kappa shape index (κ3) is 9.82. The Kier molecular flexibility index (Phi) is 10.1. The Morgan fingerprint density at radius 2 is 1.83 bits per heavy atom. The zero-order valence-corrected chi connectivity index (χ0v) is 26.0. The van der Waals surface area contributed by atoms with Crippen LogP contribution in [0.4, 0.5) is 10.7 Å². The van der Waals surface area contributed by atoms with Gasteiger partial charge in [-0.05, 0) is 55.7 Å². The summed E-state index contributed by atoms with van der Waals surface area (Å²) >= 11 is 3.65. The molecule has 2 aromatic rings. The van der Waals surface area contributed by atoms with Crippen molar-refractivity contribution < 1.29 is 14.3 Å². The van der Waals surface area contributed by atoms with Gasteiger partial charge in [-0.15, -0.1) is 0 Å². The quantitative estimate of drug-likeness (QED) is 0.260. The fourth-order valence-corrected chi connectivity index (χ4v) is 4.62. The molecule has 2 rings (SSSR count). The molecule has 11 heteroatoms. The number of carbonyl (C=O) groups excluding carboxylic acids is 1. The highest BCUT2D eigenvalue weighted by molar-refractivity contribution is 9.10. The van der Waals surface area contributed by atoms with E-state index in [4.69, 9.17) is 19.4 Å². The molecular weight excluding hydrogens is 540 g/mol. The summed E-state index contributed by atoms with van der Waals surface area (Å²) in [5.74, 6) is 1.38. The summed E-state index contributed by atoms with van der Waals surface area (Å²) in [5, 5.41) is 6.02. The number of alkyl carbamates (subject to hydrolysis) is 1. The number of nitrogens with one attached hydrogen (secondary N) is 2. The van der Waals surface area contributed by atoms with E-state index in [1.165, 1.54) is 0 Å². The minimum atomic E-state index is -1.19. The van der Waals surface area contributed by atoms with E-state index < -0.39 is 19.8 Å². The average molecular weight is 584 g/mol. The van der Waals surface area contributed by atoms with E-state index in [1.807, 2.05) is 33.8 Å². The van der Waals surface area contributed by atoms with Crippen LogP contribution in [0.3, 0.4) is 0 Å². The van der Waals surface area contributed by atoms with Crippen molar-refractivity contribution in [2.24, 2.45) is 0 Å². The van der Waals surface area contributed by atoms with Crippen LogP contribution in [0.5, 0.6) is 0 Å². The normalized spacial score (nSPS) is 13.4. The molecule has 0 fully saturated rings. The summed E-state index contributed by atoms with van der Waals surface area (Å²) in [7, 11) is -1.19. The third-order valence-corrected chi connectivity index (χ3v) is 7.30. The molecule has 9 nitrogen and oxygen atoms in total. The Labute approximate surface area is 225 Å². The SMILES string of the molecule is CC(CNc1nccc(-c2c(Br)nc(C(C)(C)C)n2COCC[Si](C)(C)C)n1)NC(=O)OC(C)(C)C. The lowest BCUT2D eigenvalue weighted by molar-refractivity contribution is 0.0511. The van der Waals surface area contributed by atoms with E-state index in [2.05, 4.69) is 76.5 Å². The van der Waals surface area contributed by atoms with E-state index in [0.29, 0.717) is 30.4 Å². The van der Waals surface area contributed by atoms with Crippen molar-refractivity contribution in [3.63, 3.8) is 0 Å². The molecule has 0 aromatic carbocycles. The fraction of sp³-hybridized carbons (Fsp3) is 0.680. The summed E-state index contributed by atoms with van der Waals surface area (Å²) in [6.07, 6.45) is 1.26. The number of anilines is 1. The van der Waals surface area contributed by atoms with Crippen molar-refractivity contribution in [2.75, 3.05) is 18.5 Å². The van der Waals surface area contributed by atoms with Crippen LogP contribution < -0.4 is 10.6 Å². The first kappa shape index (κ1) is 30.2. The van der Waals surface area contributed by atoms with Crippen LogP contribution in [-0.4, -0.2) is 58.5 Å². The highest BCUT2D eigenvalue weighted by Crippen LogP contribution is 2.33. The maximum Gasteiger partial charge on any atom is 0.407 e. The number of hydrogen-bond acceptors (Lipinski definition) is 7. The topological polar surface area (TPSA) is 103 Å². The molecule has 0 radical (unpaired) electrons. The molecule has 2 N–H and O–H groups in total. The smallest absolute Gasteiger partial charge is 0.407 e. The van der Waals surface area contributed by atoms with Crippen molar-refractivity contribution in [3.05, 3.63) is 22.7 Å². The summed E-state index contributed by atoms with van der Waals surface area (Å²) in [6, 6.07) is 2.78. The van der Waals surface area contributed by atoms with Gasteiger partial charge in [0.25, 0.3) is 0 Å². The first-order valence-corrected chi connectivity index (χ1v) is 16.9. The van der Waals surface area contributed by atoms with Crippen LogP contribution in [0.1, 0.15) is 54.3 Å². The van der Waals surface area contributed by atoms with Crippen LogP contribution in [0.2, 0.25) is 25.7 Å². The lowest BCUT2D eigenvalue weighted by Crippen LogP contribution is -2.41. The van der Waals surface area contributed by atoms with Crippen LogP contribution in [0.25, 0.3) is 11.4 Å². The third-order valence-electron chi connectivity index (χ3n) is 5.04. The number of ether oxygens (including phenoxy) is 2. The first-order valence-electron chi connectivity index (χ1n) is 12.4. The van der Waals surface area contributed by atoms with Crippen LogP contribution >= 0.6 is 15.9 Å². The van der Waals surface area contributed by atoms with Crippen LogP contribution in [0.15, 0.2) is 16.9 Å². The molecule has 202 valence electrons. The number of imidazole rings is 1. The van der Waals surface area contributed by atoms with Crippen LogP contribution in [-0.2, 0) is 21.6 Å². The van der Waals surface area contributed by atoms with Gasteiger partial charge in [-0.2, -0.15) is 0 Å². The Hall–Kier alpha value is -1.98. The maximum atomic E-state index is 12.0. The van der Waals surface area contributed by atoms with Gasteiger partial charge in [-0.1, -0.05) is 40.4 Å². The molecule has 0 spiro atoms. The maximum absolute atomic E-state index is 12.0. The summed E-state index contributed by atoms with van der Waals surface area (Å²) in [4.78, 5) is 25.9. The van der Waals surface area contributed by atoms with Crippen molar-refractivity contribution >= 4 is 36.0 Å². The molecule has 36 heavy (non-hydrogen) atoms. The number of halogens is 1. The summed E-state index contributed by atoms with van der Waals surface area (Å²) in [6.45, 7) is 22.4. The number of hydrogen-bond donors (Lipinski definition) is 2. The molecule has 0 saturated heterocycles. The molecule has 1 atom stereocenters. The lowest BCUT2D eigenvalue weighted by atomic mass is 9.96. The van der Waals surface area contributed by atoms with Gasteiger partial charge in [-0.25, -0.2) is 19.7 Å². The molecule has 1 unspecified atom stereocenters. The van der Waals surface area contributed by atoms with Gasteiger partial charge < -0.3 is 24.7 Å². The highest BCUT2D eigenvalue weighted by atomic mass is 79.9. The molecule has 2 aromatic heterocycles. The predicted octanol–water partition coefficient (Wildman–Crippen LogP) is 6.04. The predicted molar refractivity (Wildman–Crippen MR) is 151 cm³/mol. The summed E-state index contributed by atoms with van der Waals surface area (Å²) in [5.41, 5.74) is 0.844. The average Bonchev–Trinajstić information content (AvgIpc) is 3.04. The number of rotatable bonds is 10. The number of nitrogens with zero attached hydrogens (tertiary/aromatic N) is 4. The molecule has 0 bridgehead atoms. The lowest BCUT2D eigenvalue weighted by Gasteiger charge is -2.22. The minimum Gasteiger partial charge on any atom is -0.444 e. The van der Waals surface area contributed by atoms with Gasteiger partial charge >= 0.3 is 6.09 Å². The van der Waals surface area contributed by atoms with E-state index >= 15 is 0 Å². The van der Waals surface area contributed by atoms with Gasteiger partial charge in [-0.3, -0.25) is 0 Å². The Morgan fingerprint density at radius 1 is 1.17 bits per heavy atom. The molecule has 0 aliphatic carbocycles. The molecule has 0 aliphatic heterocycles. The fourth-order valence-electron chi connectivity index (χ4n) is 3.28. The molecule has 0 aliphatic rings. The molecule has 1 amide bonds. The van der Waals surface area contributed by atoms with Gasteiger partial charge in [0, 0.05) is 38.9 Å². The van der Waals surface area contributed by atoms with E-state index in [-0.39, 0.29) is 11.5 Å². The Morgan fingerprint density at radius 3 is 2.42 bits per heavy atom. The second kappa shape index (κ2) is 12.0. The highest BCUT2D eigenvalue weighted by Gasteiger charge is 2.27. The summed E-state index contributed by atoms with van der Waals surface area (Å²) < 4.78 is 14.2. The van der Waals surface area contributed by atoms with E-state index in [0.717, 1.165) is 23.3 Å². The zero-order valence-electron chi connectivity index (χ0n) is 23.5. The van der Waals surface area contributed by atoms with Crippen molar-refractivity contribution in [2.45, 2.75) is 97.9 Å². The first-order chi connectivity index (χ1) is 16.5. The van der Waals surface area contributed by atoms with Gasteiger partial charge in [0.1, 0.15) is 28.5 Å². The minimum absolute atomic E-state index is 0.181. The van der Waals surface area contributed by atoms with E-state index in [9.17, 15) is 4.79 Å². The number of carbonyl (C=O) groups is 1. The van der Waals surface area contributed by atoms with Crippen molar-refractivity contribution in [3.8, 4) is 11.4 Å². The second-order valence-electron chi connectivity index (χ2n) is 12.3. The molecular formula is C25H43BrN6O3Si. The monoisotopic (exact) mass is 582 g/mol. The van der Waals surface area contributed by atoms with E-state index in [1.54, 1.807) is 6.20 Å². The molecule has 0 saturated carbocycles. The van der Waals surface area contributed by atoms with Gasteiger partial charge in [0.15, 0.2) is 0 Å². The van der Waals surface area contributed by atoms with Crippen molar-refractivity contribution in [1.29, 1.82) is 0 Å². The number of amides is 1. The van der Waals surface area contributed by atoms with Crippen molar-refractivity contribution in [1.82, 2.24) is 24.8 Å². The van der Waals surface area contributed by atoms with Gasteiger partial charge in [0.2, 0.25) is 5.95 Å².